The zero-order chi connectivity index (χ0) is 23.9. The van der Waals surface area contributed by atoms with E-state index in [0.29, 0.717) is 11.1 Å². The highest BCUT2D eigenvalue weighted by molar-refractivity contribution is 5.71. The predicted octanol–water partition coefficient (Wildman–Crippen LogP) is 9.37. The summed E-state index contributed by atoms with van der Waals surface area (Å²) in [5.41, 5.74) is 3.36. The molecule has 3 aromatic rings. The average molecular weight is 463 g/mol. The number of halogens is 2. The number of aryl methyl sites for hydroxylation is 1. The molecule has 0 radical (unpaired) electrons. The van der Waals surface area contributed by atoms with E-state index in [9.17, 15) is 8.78 Å². The second-order valence-corrected chi connectivity index (χ2v) is 9.83. The zero-order valence-corrected chi connectivity index (χ0v) is 20.5. The Bertz CT molecular complexity index is 1050. The van der Waals surface area contributed by atoms with Gasteiger partial charge in [0.2, 0.25) is 0 Å². The number of benzene rings is 3. The van der Waals surface area contributed by atoms with Crippen LogP contribution in [0.4, 0.5) is 8.78 Å². The summed E-state index contributed by atoms with van der Waals surface area (Å²) in [4.78, 5) is 0. The molecule has 180 valence electrons. The highest BCUT2D eigenvalue weighted by atomic mass is 19.2. The van der Waals surface area contributed by atoms with Crippen LogP contribution in [0, 0.1) is 30.4 Å². The molecule has 0 N–H and O–H groups in total. The first-order valence-corrected chi connectivity index (χ1v) is 12.8. The van der Waals surface area contributed by atoms with Gasteiger partial charge in [-0.2, -0.15) is 0 Å². The van der Waals surface area contributed by atoms with Gasteiger partial charge in [-0.3, -0.25) is 0 Å². The maximum Gasteiger partial charge on any atom is 0.166 e. The van der Waals surface area contributed by atoms with Gasteiger partial charge in [0.05, 0.1) is 6.61 Å². The minimum atomic E-state index is -0.793. The molecule has 0 amide bonds. The molecule has 0 bridgehead atoms. The van der Waals surface area contributed by atoms with E-state index in [4.69, 9.17) is 4.74 Å². The Morgan fingerprint density at radius 1 is 0.706 bits per heavy atom. The zero-order valence-electron chi connectivity index (χ0n) is 20.5. The van der Waals surface area contributed by atoms with E-state index in [1.165, 1.54) is 44.9 Å². The summed E-state index contributed by atoms with van der Waals surface area (Å²) < 4.78 is 34.2. The van der Waals surface area contributed by atoms with Gasteiger partial charge in [0.15, 0.2) is 11.6 Å². The van der Waals surface area contributed by atoms with Gasteiger partial charge in [-0.05, 0) is 66.0 Å². The molecule has 0 spiro atoms. The highest BCUT2D eigenvalue weighted by Crippen LogP contribution is 2.34. The maximum atomic E-state index is 14.3. The fourth-order valence-electron chi connectivity index (χ4n) is 5.23. The molecule has 0 aromatic heterocycles. The second-order valence-electron chi connectivity index (χ2n) is 9.83. The van der Waals surface area contributed by atoms with Gasteiger partial charge in [0, 0.05) is 5.56 Å². The molecular weight excluding hydrogens is 426 g/mol. The van der Waals surface area contributed by atoms with Gasteiger partial charge in [-0.1, -0.05) is 94.0 Å². The second kappa shape index (κ2) is 11.6. The van der Waals surface area contributed by atoms with Gasteiger partial charge >= 0.3 is 0 Å². The lowest BCUT2D eigenvalue weighted by Gasteiger charge is -2.28. The van der Waals surface area contributed by atoms with Crippen molar-refractivity contribution in [1.29, 1.82) is 0 Å². The summed E-state index contributed by atoms with van der Waals surface area (Å²) in [6.07, 6.45) is 10.7. The first-order valence-electron chi connectivity index (χ1n) is 12.8. The van der Waals surface area contributed by atoms with E-state index < -0.39 is 11.6 Å². The van der Waals surface area contributed by atoms with Crippen molar-refractivity contribution in [2.75, 3.05) is 6.61 Å². The van der Waals surface area contributed by atoms with Crippen molar-refractivity contribution in [3.8, 4) is 28.0 Å². The van der Waals surface area contributed by atoms with E-state index in [0.717, 1.165) is 41.7 Å². The number of hydrogen-bond donors (Lipinski definition) is 0. The third-order valence-electron chi connectivity index (χ3n) is 7.35. The summed E-state index contributed by atoms with van der Waals surface area (Å²) in [6.45, 7) is 4.63. The fraction of sp³-hybridized carbons (Fsp3) is 0.419. The van der Waals surface area contributed by atoms with Crippen molar-refractivity contribution in [1.82, 2.24) is 0 Å². The molecule has 1 nitrogen and oxygen atoms in total. The summed E-state index contributed by atoms with van der Waals surface area (Å²) in [7, 11) is 0. The molecule has 34 heavy (non-hydrogen) atoms. The normalized spacial score (nSPS) is 18.1. The van der Waals surface area contributed by atoms with Gasteiger partial charge in [-0.25, -0.2) is 8.78 Å². The minimum Gasteiger partial charge on any atom is -0.494 e. The van der Waals surface area contributed by atoms with Crippen molar-refractivity contribution in [3.05, 3.63) is 77.9 Å². The first kappa shape index (κ1) is 24.4. The fourth-order valence-corrected chi connectivity index (χ4v) is 5.23. The Labute approximate surface area is 203 Å². The van der Waals surface area contributed by atoms with Crippen LogP contribution in [0.1, 0.15) is 63.9 Å². The Morgan fingerprint density at radius 2 is 1.26 bits per heavy atom. The molecule has 3 aromatic carbocycles. The van der Waals surface area contributed by atoms with E-state index in [2.05, 4.69) is 6.92 Å². The molecule has 3 heteroatoms. The topological polar surface area (TPSA) is 9.23 Å². The largest absolute Gasteiger partial charge is 0.494 e. The number of hydrogen-bond acceptors (Lipinski definition) is 1. The van der Waals surface area contributed by atoms with Gasteiger partial charge < -0.3 is 4.74 Å². The lowest BCUT2D eigenvalue weighted by Crippen LogP contribution is -2.15. The maximum absolute atomic E-state index is 14.3. The van der Waals surface area contributed by atoms with E-state index in [1.54, 1.807) is 19.1 Å². The van der Waals surface area contributed by atoms with Crippen LogP contribution in [0.5, 0.6) is 5.75 Å². The van der Waals surface area contributed by atoms with Crippen LogP contribution in [-0.2, 0) is 0 Å². The van der Waals surface area contributed by atoms with Gasteiger partial charge in [0.25, 0.3) is 0 Å². The molecule has 0 saturated heterocycles. The Balaban J connectivity index is 1.26. The molecule has 1 saturated carbocycles. The van der Waals surface area contributed by atoms with Gasteiger partial charge in [0.1, 0.15) is 5.75 Å². The molecule has 1 fully saturated rings. The number of rotatable bonds is 9. The van der Waals surface area contributed by atoms with Crippen LogP contribution < -0.4 is 4.74 Å². The van der Waals surface area contributed by atoms with Gasteiger partial charge in [-0.15, -0.1) is 0 Å². The Morgan fingerprint density at radius 3 is 1.88 bits per heavy atom. The molecular formula is C31H36F2O. The van der Waals surface area contributed by atoms with E-state index >= 15 is 0 Å². The molecule has 4 rings (SSSR count). The summed E-state index contributed by atoms with van der Waals surface area (Å²) in [5.74, 6) is 1.17. The van der Waals surface area contributed by atoms with E-state index in [-0.39, 0.29) is 5.56 Å². The standard InChI is InChI=1S/C31H36F2O/c1-3-5-23-8-10-24(11-9-23)6-4-21-34-28-18-16-26(17-19-28)25-12-14-27(15-13-25)29-20-7-22(2)30(32)31(29)33/h7,12-20,23-24H,3-6,8-11,21H2,1-2H3. The first-order chi connectivity index (χ1) is 16.5. The quantitative estimate of drug-likeness (QED) is 0.288. The molecule has 0 atom stereocenters. The Kier molecular flexibility index (Phi) is 8.37. The predicted molar refractivity (Wildman–Crippen MR) is 137 cm³/mol. The third kappa shape index (κ3) is 6.05. The SMILES string of the molecule is CCCC1CCC(CCCOc2ccc(-c3ccc(-c4ccc(C)c(F)c4F)cc3)cc2)CC1. The average Bonchev–Trinajstić information content (AvgIpc) is 2.87. The van der Waals surface area contributed by atoms with Crippen LogP contribution >= 0.6 is 0 Å². The van der Waals surface area contributed by atoms with Crippen LogP contribution in [0.25, 0.3) is 22.3 Å². The summed E-state index contributed by atoms with van der Waals surface area (Å²) >= 11 is 0. The number of ether oxygens (including phenoxy) is 1. The summed E-state index contributed by atoms with van der Waals surface area (Å²) in [5, 5.41) is 0. The van der Waals surface area contributed by atoms with E-state index in [1.807, 2.05) is 48.5 Å². The van der Waals surface area contributed by atoms with Crippen LogP contribution in [0.15, 0.2) is 60.7 Å². The van der Waals surface area contributed by atoms with Crippen LogP contribution in [-0.4, -0.2) is 6.61 Å². The molecule has 0 aliphatic heterocycles. The van der Waals surface area contributed by atoms with Crippen LogP contribution in [0.3, 0.4) is 0 Å². The van der Waals surface area contributed by atoms with Crippen molar-refractivity contribution in [2.24, 2.45) is 11.8 Å². The summed E-state index contributed by atoms with van der Waals surface area (Å²) in [6, 6.07) is 18.9. The molecule has 1 aliphatic carbocycles. The van der Waals surface area contributed by atoms with Crippen molar-refractivity contribution in [3.63, 3.8) is 0 Å². The van der Waals surface area contributed by atoms with Crippen molar-refractivity contribution >= 4 is 0 Å². The molecule has 1 aliphatic rings. The lowest BCUT2D eigenvalue weighted by atomic mass is 9.78. The Hall–Kier alpha value is -2.68. The third-order valence-corrected chi connectivity index (χ3v) is 7.35. The highest BCUT2D eigenvalue weighted by Gasteiger charge is 2.20. The van der Waals surface area contributed by atoms with Crippen molar-refractivity contribution in [2.45, 2.75) is 65.2 Å². The monoisotopic (exact) mass is 462 g/mol. The van der Waals surface area contributed by atoms with Crippen LogP contribution in [0.2, 0.25) is 0 Å². The van der Waals surface area contributed by atoms with Crippen molar-refractivity contribution < 1.29 is 13.5 Å². The smallest absolute Gasteiger partial charge is 0.166 e. The molecule has 0 unspecified atom stereocenters. The lowest BCUT2D eigenvalue weighted by molar-refractivity contribution is 0.230. The minimum absolute atomic E-state index is 0.285. The molecule has 0 heterocycles.